The Morgan fingerprint density at radius 3 is 2.40 bits per heavy atom. The lowest BCUT2D eigenvalue weighted by Gasteiger charge is -2.12. The normalized spacial score (nSPS) is 10.6. The van der Waals surface area contributed by atoms with Crippen molar-refractivity contribution < 1.29 is 0 Å². The van der Waals surface area contributed by atoms with Crippen molar-refractivity contribution in [3.63, 3.8) is 0 Å². The topological polar surface area (TPSA) is 54.9 Å². The van der Waals surface area contributed by atoms with Crippen LogP contribution in [-0.4, -0.2) is 9.55 Å². The van der Waals surface area contributed by atoms with E-state index in [2.05, 4.69) is 16.8 Å². The Balaban J connectivity index is 1.85. The Hall–Kier alpha value is -3.55. The summed E-state index contributed by atoms with van der Waals surface area (Å²) >= 11 is 6.46. The van der Waals surface area contributed by atoms with E-state index in [1.165, 1.54) is 0 Å². The zero-order valence-corrected chi connectivity index (χ0v) is 17.4. The highest BCUT2D eigenvalue weighted by molar-refractivity contribution is 6.32. The van der Waals surface area contributed by atoms with E-state index in [1.807, 2.05) is 56.3 Å². The molecule has 0 bridgehead atoms. The molecule has 4 aromatic rings. The van der Waals surface area contributed by atoms with Crippen molar-refractivity contribution in [2.45, 2.75) is 20.3 Å². The lowest BCUT2D eigenvalue weighted by atomic mass is 10.0. The number of H-pyrrole nitrogens is 1. The van der Waals surface area contributed by atoms with Gasteiger partial charge < -0.3 is 4.98 Å². The second-order valence-corrected chi connectivity index (χ2v) is 7.41. The predicted molar refractivity (Wildman–Crippen MR) is 122 cm³/mol. The van der Waals surface area contributed by atoms with Crippen LogP contribution >= 0.6 is 11.6 Å². The third-order valence-corrected chi connectivity index (χ3v) is 5.35. The molecule has 30 heavy (non-hydrogen) atoms. The molecule has 0 fully saturated rings. The molecule has 0 spiro atoms. The van der Waals surface area contributed by atoms with Crippen LogP contribution in [0.1, 0.15) is 29.2 Å². The average Bonchev–Trinajstić information content (AvgIpc) is 2.74. The molecule has 0 aliphatic heterocycles. The number of nitrogens with one attached hydrogen (secondary N) is 1. The number of nitrogens with zero attached hydrogens (tertiary/aromatic N) is 1. The van der Waals surface area contributed by atoms with Crippen LogP contribution in [0.25, 0.3) is 16.6 Å². The number of fused-ring (bicyclic) bond motifs is 1. The second kappa shape index (κ2) is 8.06. The van der Waals surface area contributed by atoms with Crippen LogP contribution in [0.15, 0.2) is 70.3 Å². The standard InChI is InChI=1S/C25H19ClN2O2/c1-3-19-13-9-16(2)22-23(19)27-25(30)28(24(22)29)21-14-12-18(15-20(21)26)11-10-17-7-5-4-6-8-17/h4-9,12-15H,3H2,1-2H3,(H,27,30). The molecule has 4 rings (SSSR count). The first-order chi connectivity index (χ1) is 14.5. The smallest absolute Gasteiger partial charge is 0.306 e. The van der Waals surface area contributed by atoms with Crippen LogP contribution in [0.2, 0.25) is 5.02 Å². The van der Waals surface area contributed by atoms with E-state index in [-0.39, 0.29) is 10.6 Å². The van der Waals surface area contributed by atoms with Gasteiger partial charge in [-0.05, 0) is 54.8 Å². The van der Waals surface area contributed by atoms with Crippen LogP contribution in [0, 0.1) is 18.8 Å². The molecule has 148 valence electrons. The van der Waals surface area contributed by atoms with Crippen LogP contribution in [0.5, 0.6) is 0 Å². The first-order valence-corrected chi connectivity index (χ1v) is 10.0. The third kappa shape index (κ3) is 3.56. The van der Waals surface area contributed by atoms with E-state index in [1.54, 1.807) is 18.2 Å². The summed E-state index contributed by atoms with van der Waals surface area (Å²) in [6.07, 6.45) is 0.714. The highest BCUT2D eigenvalue weighted by Crippen LogP contribution is 2.22. The molecule has 0 atom stereocenters. The number of aromatic nitrogens is 2. The summed E-state index contributed by atoms with van der Waals surface area (Å²) in [6.45, 7) is 3.84. The molecule has 5 heteroatoms. The van der Waals surface area contributed by atoms with E-state index in [4.69, 9.17) is 11.6 Å². The Bertz CT molecular complexity index is 1440. The second-order valence-electron chi connectivity index (χ2n) is 7.00. The number of rotatable bonds is 2. The van der Waals surface area contributed by atoms with Gasteiger partial charge in [0.15, 0.2) is 0 Å². The molecule has 1 aromatic heterocycles. The van der Waals surface area contributed by atoms with Gasteiger partial charge in [0.25, 0.3) is 5.56 Å². The Morgan fingerprint density at radius 2 is 1.70 bits per heavy atom. The summed E-state index contributed by atoms with van der Waals surface area (Å²) < 4.78 is 1.09. The monoisotopic (exact) mass is 414 g/mol. The lowest BCUT2D eigenvalue weighted by Crippen LogP contribution is -2.34. The van der Waals surface area contributed by atoms with Crippen LogP contribution < -0.4 is 11.2 Å². The van der Waals surface area contributed by atoms with Gasteiger partial charge in [0.05, 0.1) is 21.6 Å². The number of aryl methyl sites for hydroxylation is 2. The highest BCUT2D eigenvalue weighted by Gasteiger charge is 2.15. The van der Waals surface area contributed by atoms with E-state index in [0.717, 1.165) is 21.3 Å². The van der Waals surface area contributed by atoms with Crippen molar-refractivity contribution in [3.8, 4) is 17.5 Å². The fourth-order valence-electron chi connectivity index (χ4n) is 3.48. The average molecular weight is 415 g/mol. The van der Waals surface area contributed by atoms with Crippen molar-refractivity contribution >= 4 is 22.5 Å². The van der Waals surface area contributed by atoms with Crippen molar-refractivity contribution in [3.05, 3.63) is 109 Å². The van der Waals surface area contributed by atoms with Gasteiger partial charge in [-0.15, -0.1) is 0 Å². The quantitative estimate of drug-likeness (QED) is 0.487. The van der Waals surface area contributed by atoms with Crippen molar-refractivity contribution in [1.29, 1.82) is 0 Å². The largest absolute Gasteiger partial charge is 0.333 e. The maximum Gasteiger partial charge on any atom is 0.333 e. The first-order valence-electron chi connectivity index (χ1n) is 9.64. The molecule has 0 aliphatic carbocycles. The number of hydrogen-bond acceptors (Lipinski definition) is 2. The molecule has 0 saturated heterocycles. The van der Waals surface area contributed by atoms with Gasteiger partial charge in [0.1, 0.15) is 0 Å². The van der Waals surface area contributed by atoms with Gasteiger partial charge in [0, 0.05) is 11.1 Å². The minimum atomic E-state index is -0.516. The summed E-state index contributed by atoms with van der Waals surface area (Å²) in [5, 5.41) is 0.782. The van der Waals surface area contributed by atoms with Crippen molar-refractivity contribution in [2.24, 2.45) is 0 Å². The molecular formula is C25H19ClN2O2. The summed E-state index contributed by atoms with van der Waals surface area (Å²) in [5.74, 6) is 6.13. The minimum absolute atomic E-state index is 0.283. The molecule has 1 heterocycles. The lowest BCUT2D eigenvalue weighted by molar-refractivity contribution is 0.896. The fourth-order valence-corrected chi connectivity index (χ4v) is 3.75. The number of halogens is 1. The number of hydrogen-bond donors (Lipinski definition) is 1. The van der Waals surface area contributed by atoms with Gasteiger partial charge in [-0.1, -0.05) is 60.7 Å². The minimum Gasteiger partial charge on any atom is -0.306 e. The third-order valence-electron chi connectivity index (χ3n) is 5.05. The molecule has 3 aromatic carbocycles. The number of aromatic amines is 1. The first kappa shape index (κ1) is 19.8. The van der Waals surface area contributed by atoms with E-state index < -0.39 is 5.69 Å². The summed E-state index contributed by atoms with van der Waals surface area (Å²) in [7, 11) is 0. The fraction of sp³-hybridized carbons (Fsp3) is 0.120. The van der Waals surface area contributed by atoms with Crippen LogP contribution in [-0.2, 0) is 6.42 Å². The summed E-state index contributed by atoms with van der Waals surface area (Å²) in [5.41, 5.74) is 3.34. The van der Waals surface area contributed by atoms with Gasteiger partial charge >= 0.3 is 5.69 Å². The van der Waals surface area contributed by atoms with Gasteiger partial charge in [-0.25, -0.2) is 9.36 Å². The zero-order chi connectivity index (χ0) is 21.3. The summed E-state index contributed by atoms with van der Waals surface area (Å²) in [4.78, 5) is 28.9. The molecule has 0 aliphatic rings. The molecule has 0 amide bonds. The molecular weight excluding hydrogens is 396 g/mol. The molecule has 0 unspecified atom stereocenters. The van der Waals surface area contributed by atoms with Gasteiger partial charge in [0.2, 0.25) is 0 Å². The Labute approximate surface area is 178 Å². The van der Waals surface area contributed by atoms with Gasteiger partial charge in [-0.3, -0.25) is 4.79 Å². The zero-order valence-electron chi connectivity index (χ0n) is 16.6. The molecule has 0 radical (unpaired) electrons. The molecule has 0 saturated carbocycles. The Kier molecular flexibility index (Phi) is 5.31. The Morgan fingerprint density at radius 1 is 0.967 bits per heavy atom. The maximum absolute atomic E-state index is 13.2. The van der Waals surface area contributed by atoms with Crippen LogP contribution in [0.3, 0.4) is 0 Å². The van der Waals surface area contributed by atoms with Crippen molar-refractivity contribution in [2.75, 3.05) is 0 Å². The number of benzene rings is 3. The molecule has 1 N–H and O–H groups in total. The van der Waals surface area contributed by atoms with E-state index >= 15 is 0 Å². The SMILES string of the molecule is CCc1ccc(C)c2c(=O)n(-c3ccc(C#Cc4ccccc4)cc3Cl)c(=O)[nH]c12. The van der Waals surface area contributed by atoms with E-state index in [9.17, 15) is 9.59 Å². The van der Waals surface area contributed by atoms with E-state index in [0.29, 0.717) is 28.6 Å². The van der Waals surface area contributed by atoms with Crippen molar-refractivity contribution in [1.82, 2.24) is 9.55 Å². The molecule has 4 nitrogen and oxygen atoms in total. The highest BCUT2D eigenvalue weighted by atomic mass is 35.5. The van der Waals surface area contributed by atoms with Gasteiger partial charge in [-0.2, -0.15) is 0 Å². The van der Waals surface area contributed by atoms with Crippen LogP contribution in [0.4, 0.5) is 0 Å². The summed E-state index contributed by atoms with van der Waals surface area (Å²) in [6, 6.07) is 18.5. The predicted octanol–water partition coefficient (Wildman–Crippen LogP) is 4.60. The maximum atomic E-state index is 13.2.